The Morgan fingerprint density at radius 3 is 2.26 bits per heavy atom. The summed E-state index contributed by atoms with van der Waals surface area (Å²) in [5, 5.41) is 4.51. The van der Waals surface area contributed by atoms with Gasteiger partial charge in [-0.3, -0.25) is 0 Å². The summed E-state index contributed by atoms with van der Waals surface area (Å²) in [6.45, 7) is 3.75. The van der Waals surface area contributed by atoms with Crippen molar-refractivity contribution in [2.24, 2.45) is 5.10 Å². The molecule has 0 fully saturated rings. The highest BCUT2D eigenvalue weighted by molar-refractivity contribution is 9.10. The third-order valence-corrected chi connectivity index (χ3v) is 5.75. The van der Waals surface area contributed by atoms with E-state index in [0.717, 1.165) is 5.01 Å². The van der Waals surface area contributed by atoms with Crippen molar-refractivity contribution < 1.29 is 22.1 Å². The first-order valence-electron chi connectivity index (χ1n) is 8.05. The second kappa shape index (κ2) is 9.11. The monoisotopic (exact) mass is 473 g/mol. The SMILES string of the molecule is CN(C)/N=C(/CC(CF)(N[S+]([O-])C(C)(C)C)c1cccc(Br)c1)C(F)(F)F. The van der Waals surface area contributed by atoms with E-state index < -0.39 is 46.6 Å². The molecule has 1 aromatic carbocycles. The minimum Gasteiger partial charge on any atom is -0.598 e. The van der Waals surface area contributed by atoms with Gasteiger partial charge in [0, 0.05) is 36.4 Å². The zero-order valence-electron chi connectivity index (χ0n) is 15.8. The summed E-state index contributed by atoms with van der Waals surface area (Å²) in [5.41, 5.74) is -2.78. The lowest BCUT2D eigenvalue weighted by molar-refractivity contribution is -0.0630. The Bertz CT molecular complexity index is 664. The Kier molecular flexibility index (Phi) is 8.16. The van der Waals surface area contributed by atoms with Gasteiger partial charge < -0.3 is 9.56 Å². The van der Waals surface area contributed by atoms with Crippen LogP contribution in [0, 0.1) is 0 Å². The molecule has 27 heavy (non-hydrogen) atoms. The van der Waals surface area contributed by atoms with Crippen LogP contribution in [0.25, 0.3) is 0 Å². The molecule has 1 N–H and O–H groups in total. The van der Waals surface area contributed by atoms with Crippen LogP contribution in [-0.4, -0.2) is 47.0 Å². The maximum Gasteiger partial charge on any atom is 0.431 e. The van der Waals surface area contributed by atoms with Gasteiger partial charge in [-0.15, -0.1) is 4.72 Å². The summed E-state index contributed by atoms with van der Waals surface area (Å²) < 4.78 is 69.9. The molecule has 2 unspecified atom stereocenters. The number of hydrogen-bond donors (Lipinski definition) is 1. The minimum absolute atomic E-state index is 0.243. The Labute approximate surface area is 168 Å². The molecule has 0 aromatic heterocycles. The van der Waals surface area contributed by atoms with E-state index in [1.165, 1.54) is 26.2 Å². The summed E-state index contributed by atoms with van der Waals surface area (Å²) in [7, 11) is 2.70. The molecule has 1 rings (SSSR count). The molecule has 10 heteroatoms. The van der Waals surface area contributed by atoms with Gasteiger partial charge in [-0.2, -0.15) is 18.3 Å². The van der Waals surface area contributed by atoms with Gasteiger partial charge in [-0.1, -0.05) is 28.1 Å². The minimum atomic E-state index is -4.76. The fourth-order valence-electron chi connectivity index (χ4n) is 2.18. The van der Waals surface area contributed by atoms with E-state index >= 15 is 0 Å². The van der Waals surface area contributed by atoms with Crippen LogP contribution in [0.5, 0.6) is 0 Å². The fourth-order valence-corrected chi connectivity index (χ4v) is 3.49. The fraction of sp³-hybridized carbons (Fsp3) is 0.588. The second-order valence-corrected chi connectivity index (χ2v) is 10.2. The Morgan fingerprint density at radius 2 is 1.85 bits per heavy atom. The smallest absolute Gasteiger partial charge is 0.431 e. The van der Waals surface area contributed by atoms with Gasteiger partial charge in [-0.05, 0) is 38.5 Å². The molecule has 4 nitrogen and oxygen atoms in total. The first kappa shape index (κ1) is 24.2. The van der Waals surface area contributed by atoms with Crippen LogP contribution in [0.2, 0.25) is 0 Å². The van der Waals surface area contributed by atoms with Crippen molar-refractivity contribution in [2.45, 2.75) is 43.7 Å². The molecule has 0 radical (unpaired) electrons. The molecule has 0 heterocycles. The highest BCUT2D eigenvalue weighted by atomic mass is 79.9. The van der Waals surface area contributed by atoms with Crippen molar-refractivity contribution in [2.75, 3.05) is 20.8 Å². The lowest BCUT2D eigenvalue weighted by Crippen LogP contribution is -2.54. The lowest BCUT2D eigenvalue weighted by atomic mass is 9.86. The van der Waals surface area contributed by atoms with E-state index in [9.17, 15) is 22.1 Å². The summed E-state index contributed by atoms with van der Waals surface area (Å²) in [5.74, 6) is 0. The predicted molar refractivity (Wildman–Crippen MR) is 105 cm³/mol. The van der Waals surface area contributed by atoms with Crippen LogP contribution in [0.4, 0.5) is 17.6 Å². The van der Waals surface area contributed by atoms with Crippen LogP contribution in [0.3, 0.4) is 0 Å². The van der Waals surface area contributed by atoms with Gasteiger partial charge in [-0.25, -0.2) is 4.39 Å². The quantitative estimate of drug-likeness (QED) is 0.273. The van der Waals surface area contributed by atoms with E-state index in [2.05, 4.69) is 25.8 Å². The Balaban J connectivity index is 3.52. The molecule has 0 amide bonds. The maximum absolute atomic E-state index is 14.3. The van der Waals surface area contributed by atoms with Gasteiger partial charge >= 0.3 is 6.18 Å². The van der Waals surface area contributed by atoms with E-state index in [0.29, 0.717) is 4.47 Å². The third kappa shape index (κ3) is 6.92. The highest BCUT2D eigenvalue weighted by Crippen LogP contribution is 2.35. The number of hydrazone groups is 1. The van der Waals surface area contributed by atoms with Crippen molar-refractivity contribution >= 4 is 33.0 Å². The van der Waals surface area contributed by atoms with Crippen LogP contribution in [-0.2, 0) is 16.9 Å². The van der Waals surface area contributed by atoms with Crippen LogP contribution in [0.15, 0.2) is 33.8 Å². The molecule has 0 aliphatic carbocycles. The molecule has 2 atom stereocenters. The topological polar surface area (TPSA) is 50.7 Å². The third-order valence-electron chi connectivity index (χ3n) is 3.57. The van der Waals surface area contributed by atoms with E-state index in [-0.39, 0.29) is 5.56 Å². The van der Waals surface area contributed by atoms with E-state index in [4.69, 9.17) is 0 Å². The van der Waals surface area contributed by atoms with Crippen LogP contribution in [0.1, 0.15) is 32.8 Å². The van der Waals surface area contributed by atoms with Gasteiger partial charge in [0.1, 0.15) is 22.7 Å². The first-order chi connectivity index (χ1) is 12.2. The predicted octanol–water partition coefficient (Wildman–Crippen LogP) is 4.54. The van der Waals surface area contributed by atoms with Crippen molar-refractivity contribution in [3.05, 3.63) is 34.3 Å². The standard InChI is InChI=1S/C17H24BrF4N3OS/c1-15(2,3)27(26)24-16(11-19,12-7-6-8-13(18)9-12)10-14(17(20,21)22)23-25(4)5/h6-9,24H,10-11H2,1-5H3/b23-14-. The van der Waals surface area contributed by atoms with Crippen molar-refractivity contribution in [1.29, 1.82) is 0 Å². The molecule has 0 bridgehead atoms. The van der Waals surface area contributed by atoms with Gasteiger partial charge in [0.25, 0.3) is 0 Å². The van der Waals surface area contributed by atoms with Crippen LogP contribution >= 0.6 is 15.9 Å². The summed E-state index contributed by atoms with van der Waals surface area (Å²) in [6.07, 6.45) is -5.58. The van der Waals surface area contributed by atoms with E-state index in [1.807, 2.05) is 0 Å². The molecular formula is C17H24BrF4N3OS. The number of alkyl halides is 4. The molecule has 0 saturated carbocycles. The number of hydrogen-bond acceptors (Lipinski definition) is 4. The van der Waals surface area contributed by atoms with Crippen molar-refractivity contribution in [1.82, 2.24) is 9.73 Å². The van der Waals surface area contributed by atoms with Crippen molar-refractivity contribution in [3.8, 4) is 0 Å². The normalized spacial score (nSPS) is 16.8. The number of nitrogens with one attached hydrogen (secondary N) is 1. The Morgan fingerprint density at radius 1 is 1.26 bits per heavy atom. The number of benzene rings is 1. The molecule has 0 aliphatic rings. The van der Waals surface area contributed by atoms with Crippen LogP contribution < -0.4 is 4.72 Å². The summed E-state index contributed by atoms with van der Waals surface area (Å²) >= 11 is 1.44. The summed E-state index contributed by atoms with van der Waals surface area (Å²) in [6, 6.07) is 6.27. The molecular weight excluding hydrogens is 450 g/mol. The number of halogens is 5. The average molecular weight is 474 g/mol. The molecule has 0 spiro atoms. The first-order valence-corrected chi connectivity index (χ1v) is 9.99. The zero-order chi connectivity index (χ0) is 21.0. The van der Waals surface area contributed by atoms with Gasteiger partial charge in [0.15, 0.2) is 0 Å². The molecule has 1 aromatic rings. The Hall–Kier alpha value is -0.840. The highest BCUT2D eigenvalue weighted by Gasteiger charge is 2.47. The summed E-state index contributed by atoms with van der Waals surface area (Å²) in [4.78, 5) is 0. The number of nitrogens with zero attached hydrogens (tertiary/aromatic N) is 2. The maximum atomic E-state index is 14.3. The van der Waals surface area contributed by atoms with Gasteiger partial charge in [0.2, 0.25) is 0 Å². The lowest BCUT2D eigenvalue weighted by Gasteiger charge is -2.36. The largest absolute Gasteiger partial charge is 0.598 e. The average Bonchev–Trinajstić information content (AvgIpc) is 2.51. The van der Waals surface area contributed by atoms with E-state index in [1.54, 1.807) is 32.9 Å². The molecule has 0 saturated heterocycles. The number of rotatable bonds is 7. The molecule has 0 aliphatic heterocycles. The van der Waals surface area contributed by atoms with Crippen molar-refractivity contribution in [3.63, 3.8) is 0 Å². The van der Waals surface area contributed by atoms with Gasteiger partial charge in [0.05, 0.1) is 0 Å². The second-order valence-electron chi connectivity index (χ2n) is 7.28. The molecule has 154 valence electrons. The zero-order valence-corrected chi connectivity index (χ0v) is 18.2.